The molecule has 0 saturated heterocycles. The fraction of sp³-hybridized carbons (Fsp3) is 0.478. The van der Waals surface area contributed by atoms with E-state index >= 15 is 0 Å². The quantitative estimate of drug-likeness (QED) is 0.658. The van der Waals surface area contributed by atoms with Crippen LogP contribution in [0, 0.1) is 0 Å². The van der Waals surface area contributed by atoms with Crippen LogP contribution >= 0.6 is 0 Å². The minimum atomic E-state index is -0.218. The normalized spacial score (nSPS) is 17.6. The third kappa shape index (κ3) is 4.46. The summed E-state index contributed by atoms with van der Waals surface area (Å²) in [5.74, 6) is 0.940. The fourth-order valence-electron chi connectivity index (χ4n) is 4.08. The molecule has 0 spiro atoms. The van der Waals surface area contributed by atoms with Gasteiger partial charge in [-0.15, -0.1) is 0 Å². The summed E-state index contributed by atoms with van der Waals surface area (Å²) in [6, 6.07) is 19.7. The number of para-hydroxylation sites is 1. The molecule has 1 aliphatic carbocycles. The second kappa shape index (κ2) is 9.20. The minimum absolute atomic E-state index is 0.218. The van der Waals surface area contributed by atoms with Gasteiger partial charge in [0.15, 0.2) is 0 Å². The predicted octanol–water partition coefficient (Wildman–Crippen LogP) is 4.97. The molecule has 0 bridgehead atoms. The molecular formula is C23H32N2O. The number of ether oxygens (including phenoxy) is 1. The van der Waals surface area contributed by atoms with Crippen LogP contribution in [0.4, 0.5) is 0 Å². The second-order valence-electron chi connectivity index (χ2n) is 7.27. The van der Waals surface area contributed by atoms with E-state index in [0.29, 0.717) is 6.04 Å². The van der Waals surface area contributed by atoms with Gasteiger partial charge in [0.05, 0.1) is 12.8 Å². The van der Waals surface area contributed by atoms with Gasteiger partial charge >= 0.3 is 0 Å². The van der Waals surface area contributed by atoms with Crippen molar-refractivity contribution in [1.82, 2.24) is 10.6 Å². The maximum atomic E-state index is 5.54. The largest absolute Gasteiger partial charge is 0.496 e. The zero-order valence-corrected chi connectivity index (χ0v) is 16.1. The Morgan fingerprint density at radius 2 is 1.65 bits per heavy atom. The maximum absolute atomic E-state index is 5.54. The van der Waals surface area contributed by atoms with Crippen LogP contribution < -0.4 is 15.4 Å². The van der Waals surface area contributed by atoms with E-state index in [4.69, 9.17) is 4.74 Å². The van der Waals surface area contributed by atoms with Gasteiger partial charge in [-0.2, -0.15) is 0 Å². The average Bonchev–Trinajstić information content (AvgIpc) is 2.73. The molecule has 1 unspecified atom stereocenters. The van der Waals surface area contributed by atoms with Crippen LogP contribution in [-0.2, 0) is 12.2 Å². The van der Waals surface area contributed by atoms with Crippen molar-refractivity contribution in [3.8, 4) is 5.75 Å². The highest BCUT2D eigenvalue weighted by Crippen LogP contribution is 2.28. The van der Waals surface area contributed by atoms with Crippen LogP contribution in [0.2, 0.25) is 0 Å². The van der Waals surface area contributed by atoms with Crippen molar-refractivity contribution >= 4 is 0 Å². The Morgan fingerprint density at radius 3 is 2.35 bits per heavy atom. The summed E-state index contributed by atoms with van der Waals surface area (Å²) in [7, 11) is 1.74. The molecular weight excluding hydrogens is 320 g/mol. The van der Waals surface area contributed by atoms with Gasteiger partial charge in [0.1, 0.15) is 5.75 Å². The van der Waals surface area contributed by atoms with Gasteiger partial charge in [-0.25, -0.2) is 0 Å². The highest BCUT2D eigenvalue weighted by Gasteiger charge is 2.32. The maximum Gasteiger partial charge on any atom is 0.123 e. The van der Waals surface area contributed by atoms with Crippen molar-refractivity contribution in [3.05, 3.63) is 65.7 Å². The van der Waals surface area contributed by atoms with Crippen LogP contribution in [0.5, 0.6) is 5.75 Å². The van der Waals surface area contributed by atoms with E-state index in [1.807, 2.05) is 12.1 Å². The highest BCUT2D eigenvalue weighted by atomic mass is 16.5. The van der Waals surface area contributed by atoms with Crippen molar-refractivity contribution in [2.75, 3.05) is 7.11 Å². The van der Waals surface area contributed by atoms with E-state index in [2.05, 4.69) is 60.0 Å². The molecule has 1 saturated carbocycles. The monoisotopic (exact) mass is 352 g/mol. The van der Waals surface area contributed by atoms with Crippen molar-refractivity contribution in [2.24, 2.45) is 0 Å². The van der Waals surface area contributed by atoms with Crippen molar-refractivity contribution < 1.29 is 4.74 Å². The fourth-order valence-corrected chi connectivity index (χ4v) is 4.08. The molecule has 0 amide bonds. The molecule has 3 rings (SSSR count). The van der Waals surface area contributed by atoms with Crippen molar-refractivity contribution in [3.63, 3.8) is 0 Å². The molecule has 3 heteroatoms. The van der Waals surface area contributed by atoms with E-state index in [9.17, 15) is 0 Å². The average molecular weight is 353 g/mol. The van der Waals surface area contributed by atoms with Crippen molar-refractivity contribution in [1.29, 1.82) is 0 Å². The first-order valence-electron chi connectivity index (χ1n) is 9.97. The van der Waals surface area contributed by atoms with Crippen LogP contribution in [0.1, 0.15) is 56.6 Å². The zero-order valence-electron chi connectivity index (χ0n) is 16.1. The molecule has 2 aromatic carbocycles. The van der Waals surface area contributed by atoms with Gasteiger partial charge < -0.3 is 4.74 Å². The van der Waals surface area contributed by atoms with Crippen LogP contribution in [0.25, 0.3) is 0 Å². The molecule has 0 aromatic heterocycles. The smallest absolute Gasteiger partial charge is 0.123 e. The van der Waals surface area contributed by atoms with Crippen LogP contribution in [-0.4, -0.2) is 13.2 Å². The third-order valence-corrected chi connectivity index (χ3v) is 5.63. The van der Waals surface area contributed by atoms with E-state index in [-0.39, 0.29) is 5.66 Å². The topological polar surface area (TPSA) is 33.3 Å². The van der Waals surface area contributed by atoms with Gasteiger partial charge in [0, 0.05) is 18.2 Å². The van der Waals surface area contributed by atoms with Gasteiger partial charge in [-0.05, 0) is 30.9 Å². The second-order valence-corrected chi connectivity index (χ2v) is 7.27. The molecule has 2 N–H and O–H groups in total. The molecule has 0 heterocycles. The lowest BCUT2D eigenvalue weighted by Crippen LogP contribution is -2.57. The highest BCUT2D eigenvalue weighted by molar-refractivity contribution is 5.33. The molecule has 140 valence electrons. The number of methoxy groups -OCH3 is 1. The number of benzene rings is 2. The lowest BCUT2D eigenvalue weighted by molar-refractivity contribution is 0.192. The predicted molar refractivity (Wildman–Crippen MR) is 108 cm³/mol. The van der Waals surface area contributed by atoms with Gasteiger partial charge in [0.25, 0.3) is 0 Å². The SMILES string of the molecule is CCC(NCc1ccccc1OC)(NC1CCCCC1)c1ccccc1. The third-order valence-electron chi connectivity index (χ3n) is 5.63. The number of rotatable bonds is 8. The Hall–Kier alpha value is -1.84. The molecule has 2 aromatic rings. The molecule has 0 radical (unpaired) electrons. The summed E-state index contributed by atoms with van der Waals surface area (Å²) < 4.78 is 5.54. The lowest BCUT2D eigenvalue weighted by atomic mass is 9.90. The van der Waals surface area contributed by atoms with Crippen LogP contribution in [0.3, 0.4) is 0 Å². The van der Waals surface area contributed by atoms with Crippen molar-refractivity contribution in [2.45, 2.75) is 63.7 Å². The summed E-state index contributed by atoms with van der Waals surface area (Å²) in [5.41, 5.74) is 2.28. The first-order valence-corrected chi connectivity index (χ1v) is 9.97. The molecule has 3 nitrogen and oxygen atoms in total. The molecule has 1 aliphatic rings. The summed E-state index contributed by atoms with van der Waals surface area (Å²) in [5, 5.41) is 7.84. The first-order chi connectivity index (χ1) is 12.8. The Bertz CT molecular complexity index is 667. The molecule has 1 fully saturated rings. The lowest BCUT2D eigenvalue weighted by Gasteiger charge is -2.40. The number of hydrogen-bond acceptors (Lipinski definition) is 3. The Kier molecular flexibility index (Phi) is 6.70. The van der Waals surface area contributed by atoms with E-state index in [0.717, 1.165) is 18.7 Å². The molecule has 1 atom stereocenters. The van der Waals surface area contributed by atoms with Crippen LogP contribution in [0.15, 0.2) is 54.6 Å². The Morgan fingerprint density at radius 1 is 0.962 bits per heavy atom. The summed E-state index contributed by atoms with van der Waals surface area (Å²) >= 11 is 0. The Balaban J connectivity index is 1.84. The summed E-state index contributed by atoms with van der Waals surface area (Å²) in [4.78, 5) is 0. The van der Waals surface area contributed by atoms with E-state index < -0.39 is 0 Å². The van der Waals surface area contributed by atoms with E-state index in [1.54, 1.807) is 7.11 Å². The first kappa shape index (κ1) is 18.9. The molecule has 0 aliphatic heterocycles. The zero-order chi connectivity index (χ0) is 18.2. The summed E-state index contributed by atoms with van der Waals surface area (Å²) in [6.45, 7) is 3.03. The van der Waals surface area contributed by atoms with Gasteiger partial charge in [0.2, 0.25) is 0 Å². The number of nitrogens with one attached hydrogen (secondary N) is 2. The van der Waals surface area contributed by atoms with Gasteiger partial charge in [-0.1, -0.05) is 74.7 Å². The Labute approximate surface area is 158 Å². The van der Waals surface area contributed by atoms with E-state index in [1.165, 1.54) is 43.2 Å². The standard InChI is InChI=1S/C23H32N2O/c1-3-23(20-13-6-4-7-14-20,25-21-15-8-5-9-16-21)24-18-19-12-10-11-17-22(19)26-2/h4,6-7,10-14,17,21,24-25H,3,5,8-9,15-16,18H2,1-2H3. The minimum Gasteiger partial charge on any atom is -0.496 e. The number of hydrogen-bond donors (Lipinski definition) is 2. The summed E-state index contributed by atoms with van der Waals surface area (Å²) in [6.07, 6.45) is 7.56. The molecule has 26 heavy (non-hydrogen) atoms. The van der Waals surface area contributed by atoms with Gasteiger partial charge in [-0.3, -0.25) is 10.6 Å².